The van der Waals surface area contributed by atoms with Gasteiger partial charge in [0, 0.05) is 41.3 Å². The standard InChI is InChI=1S/C20H26FN7O12P2S.C12H27N.C6H15N/c1-9-5-27(19(31)23-17(9)29)16-4-12(25-26-22)14(39-16)8-37-42(34,35)40-41(32,33)36-7-13-11(21)3-15(38-13)28-6-10(2)18(30)24-20(28)43;1-4-7-10-13(11-8-5-2)12-9-6-3;1-4-7(5-2)6-3/h5-6,11-16H,3-4,7-8H2,1-2H3,(H,32,33)(H,34,35)(H,23,29,31)(H,24,30,43);4-12H2,1-3H3;4-6H2,1-3H3/t11-,12-,13+,14+,15+,16+;;/m0../s1. The lowest BCUT2D eigenvalue weighted by atomic mass is 10.1. The Bertz CT molecular complexity index is 2060. The van der Waals surface area contributed by atoms with Crippen LogP contribution in [0.3, 0.4) is 0 Å². The Morgan fingerprint density at radius 3 is 1.75 bits per heavy atom. The fourth-order valence-corrected chi connectivity index (χ4v) is 8.85. The van der Waals surface area contributed by atoms with E-state index in [9.17, 15) is 37.7 Å². The highest BCUT2D eigenvalue weighted by Crippen LogP contribution is 2.61. The molecule has 2 aliphatic rings. The molecular weight excluding hydrogens is 887 g/mol. The number of H-pyrrole nitrogens is 2. The predicted molar refractivity (Wildman–Crippen MR) is 239 cm³/mol. The summed E-state index contributed by atoms with van der Waals surface area (Å²) in [5.41, 5.74) is 7.47. The van der Waals surface area contributed by atoms with Crippen molar-refractivity contribution in [1.82, 2.24) is 28.9 Å². The molecule has 2 aromatic rings. The average Bonchev–Trinajstić information content (AvgIpc) is 3.81. The van der Waals surface area contributed by atoms with Crippen molar-refractivity contribution in [1.29, 1.82) is 0 Å². The molecule has 0 aromatic carbocycles. The van der Waals surface area contributed by atoms with Gasteiger partial charge in [0.15, 0.2) is 4.77 Å². The van der Waals surface area contributed by atoms with Crippen LogP contribution < -0.4 is 16.8 Å². The van der Waals surface area contributed by atoms with E-state index in [4.69, 9.17) is 31.7 Å². The fraction of sp³-hybridized carbons (Fsp3) is 0.789. The Labute approximate surface area is 373 Å². The van der Waals surface area contributed by atoms with E-state index in [0.29, 0.717) is 0 Å². The Morgan fingerprint density at radius 2 is 1.27 bits per heavy atom. The minimum absolute atomic E-state index is 0.0370. The number of alkyl halides is 1. The molecule has 2 aliphatic heterocycles. The molecule has 4 rings (SSSR count). The Hall–Kier alpha value is -2.88. The van der Waals surface area contributed by atoms with Gasteiger partial charge in [-0.3, -0.25) is 37.7 Å². The van der Waals surface area contributed by atoms with Gasteiger partial charge in [-0.2, -0.15) is 4.31 Å². The molecule has 0 saturated carbocycles. The molecule has 2 saturated heterocycles. The molecule has 21 nitrogen and oxygen atoms in total. The Balaban J connectivity index is 0.000000565. The SMILES string of the molecule is CCCCN(CCCC)CCCC.CCN(CC)CC.Cc1cn([C@H]2C[C@H](N=[N+]=[N-])[C@@H](COP(=O)(O)OP(=O)(O)OC[C@H]3O[C@@H](n4cc(C)c(=O)[nH]c4=S)C[C@@H]3F)O2)c(=O)[nH]c1=O. The number of aromatic amines is 2. The van der Waals surface area contributed by atoms with Crippen LogP contribution >= 0.6 is 27.9 Å². The predicted octanol–water partition coefficient (Wildman–Crippen LogP) is 6.95. The van der Waals surface area contributed by atoms with Crippen molar-refractivity contribution >= 4 is 27.9 Å². The largest absolute Gasteiger partial charge is 0.481 e. The van der Waals surface area contributed by atoms with Crippen molar-refractivity contribution in [3.63, 3.8) is 0 Å². The normalized spacial score (nSPS) is 22.7. The number of phosphoric ester groups is 2. The quantitative estimate of drug-likeness (QED) is 0.0288. The van der Waals surface area contributed by atoms with Crippen LogP contribution in [-0.4, -0.2) is 116 Å². The molecule has 2 aromatic heterocycles. The molecule has 2 unspecified atom stereocenters. The number of nitrogens with zero attached hydrogens (tertiary/aromatic N) is 7. The second-order valence-electron chi connectivity index (χ2n) is 15.1. The van der Waals surface area contributed by atoms with Gasteiger partial charge in [0.2, 0.25) is 0 Å². The molecule has 8 atom stereocenters. The summed E-state index contributed by atoms with van der Waals surface area (Å²) in [6.45, 7) is 22.2. The number of azide groups is 1. The molecule has 360 valence electrons. The maximum absolute atomic E-state index is 14.6. The third-order valence-corrected chi connectivity index (χ3v) is 13.2. The minimum atomic E-state index is -5.34. The molecule has 4 N–H and O–H groups in total. The van der Waals surface area contributed by atoms with E-state index in [1.54, 1.807) is 0 Å². The van der Waals surface area contributed by atoms with E-state index >= 15 is 0 Å². The van der Waals surface area contributed by atoms with Crippen LogP contribution in [0.5, 0.6) is 0 Å². The monoisotopic (exact) mass is 955 g/mol. The first-order valence-electron chi connectivity index (χ1n) is 21.5. The van der Waals surface area contributed by atoms with Gasteiger partial charge in [-0.25, -0.2) is 18.3 Å². The first-order chi connectivity index (χ1) is 29.8. The van der Waals surface area contributed by atoms with E-state index < -0.39 is 82.5 Å². The van der Waals surface area contributed by atoms with Crippen molar-refractivity contribution in [2.45, 2.75) is 144 Å². The van der Waals surface area contributed by atoms with Gasteiger partial charge in [0.25, 0.3) is 11.1 Å². The van der Waals surface area contributed by atoms with Gasteiger partial charge in [-0.1, -0.05) is 65.9 Å². The summed E-state index contributed by atoms with van der Waals surface area (Å²) in [7, 11) is -10.7. The number of phosphoric acid groups is 2. The summed E-state index contributed by atoms with van der Waals surface area (Å²) in [5.74, 6) is 0. The summed E-state index contributed by atoms with van der Waals surface area (Å²) >= 11 is 5.07. The Kier molecular flexibility index (Phi) is 25.2. The average molecular weight is 956 g/mol. The summed E-state index contributed by atoms with van der Waals surface area (Å²) in [6, 6.07) is -1.01. The number of halogens is 1. The zero-order valence-electron chi connectivity index (χ0n) is 37.7. The van der Waals surface area contributed by atoms with Gasteiger partial charge in [-0.15, -0.1) is 0 Å². The topological polar surface area (TPSA) is 269 Å². The highest BCUT2D eigenvalue weighted by molar-refractivity contribution is 7.71. The number of hydrogen-bond acceptors (Lipinski definition) is 14. The highest BCUT2D eigenvalue weighted by atomic mass is 32.1. The molecule has 2 fully saturated rings. The molecule has 4 heterocycles. The van der Waals surface area contributed by atoms with Crippen LogP contribution in [0.25, 0.3) is 10.4 Å². The van der Waals surface area contributed by atoms with E-state index in [1.165, 1.54) is 109 Å². The van der Waals surface area contributed by atoms with Gasteiger partial charge in [-0.05, 0) is 90.1 Å². The maximum Gasteiger partial charge on any atom is 0.481 e. The molecule has 0 bridgehead atoms. The smallest absolute Gasteiger partial charge is 0.352 e. The van der Waals surface area contributed by atoms with Crippen LogP contribution in [0.4, 0.5) is 4.39 Å². The molecule has 0 radical (unpaired) electrons. The van der Waals surface area contributed by atoms with Crippen molar-refractivity contribution in [3.8, 4) is 0 Å². The van der Waals surface area contributed by atoms with Crippen LogP contribution in [-0.2, 0) is 32.0 Å². The number of ether oxygens (including phenoxy) is 2. The van der Waals surface area contributed by atoms with Gasteiger partial charge < -0.3 is 29.1 Å². The summed E-state index contributed by atoms with van der Waals surface area (Å²) < 4.78 is 66.5. The number of rotatable bonds is 23. The molecule has 25 heteroatoms. The fourth-order valence-electron chi connectivity index (χ4n) is 6.50. The second kappa shape index (κ2) is 28.2. The lowest BCUT2D eigenvalue weighted by Crippen LogP contribution is -2.33. The van der Waals surface area contributed by atoms with Crippen molar-refractivity contribution in [2.75, 3.05) is 52.5 Å². The first kappa shape index (κ1) is 56.2. The summed E-state index contributed by atoms with van der Waals surface area (Å²) in [4.78, 5) is 67.7. The van der Waals surface area contributed by atoms with Gasteiger partial charge >= 0.3 is 21.3 Å². The minimum Gasteiger partial charge on any atom is -0.352 e. The van der Waals surface area contributed by atoms with Crippen LogP contribution in [0.1, 0.15) is 116 Å². The zero-order chi connectivity index (χ0) is 47.3. The van der Waals surface area contributed by atoms with E-state index in [1.807, 2.05) is 0 Å². The number of aromatic nitrogens is 4. The number of hydrogen-bond donors (Lipinski definition) is 4. The van der Waals surface area contributed by atoms with Crippen molar-refractivity contribution < 1.29 is 46.1 Å². The molecule has 0 spiro atoms. The maximum atomic E-state index is 14.6. The lowest BCUT2D eigenvalue weighted by Gasteiger charge is -2.21. The number of aryl methyl sites for hydroxylation is 2. The summed E-state index contributed by atoms with van der Waals surface area (Å²) in [5, 5.41) is 3.52. The van der Waals surface area contributed by atoms with Gasteiger partial charge in [0.1, 0.15) is 24.7 Å². The van der Waals surface area contributed by atoms with E-state index in [2.05, 4.69) is 80.2 Å². The van der Waals surface area contributed by atoms with Crippen molar-refractivity contribution in [3.05, 3.63) is 69.9 Å². The van der Waals surface area contributed by atoms with Crippen molar-refractivity contribution in [2.24, 2.45) is 5.11 Å². The van der Waals surface area contributed by atoms with Crippen LogP contribution in [0.15, 0.2) is 31.9 Å². The third kappa shape index (κ3) is 19.2. The van der Waals surface area contributed by atoms with Crippen LogP contribution in [0.2, 0.25) is 0 Å². The van der Waals surface area contributed by atoms with E-state index in [-0.39, 0.29) is 28.7 Å². The van der Waals surface area contributed by atoms with E-state index in [0.717, 1.165) is 4.57 Å². The number of nitrogens with one attached hydrogen (secondary N) is 2. The third-order valence-electron chi connectivity index (χ3n) is 10.3. The molecule has 0 amide bonds. The highest BCUT2D eigenvalue weighted by Gasteiger charge is 2.43. The zero-order valence-corrected chi connectivity index (χ0v) is 40.3. The molecule has 63 heavy (non-hydrogen) atoms. The first-order valence-corrected chi connectivity index (χ1v) is 24.9. The Morgan fingerprint density at radius 1 is 0.810 bits per heavy atom. The second-order valence-corrected chi connectivity index (χ2v) is 18.5. The summed E-state index contributed by atoms with van der Waals surface area (Å²) in [6.07, 6.45) is 3.97. The number of unbranched alkanes of at least 4 members (excludes halogenated alkanes) is 3. The van der Waals surface area contributed by atoms with Crippen LogP contribution in [0, 0.1) is 18.6 Å². The molecule has 0 aliphatic carbocycles. The lowest BCUT2D eigenvalue weighted by molar-refractivity contribution is -0.0359. The molecular formula is C38H68FN9O12P2S. The van der Waals surface area contributed by atoms with Gasteiger partial charge in [0.05, 0.1) is 25.4 Å².